The van der Waals surface area contributed by atoms with E-state index in [0.29, 0.717) is 13.1 Å². The minimum Gasteiger partial charge on any atom is -0.480 e. The average molecular weight is 194 g/mol. The number of aliphatic carboxylic acids is 1. The van der Waals surface area contributed by atoms with Crippen LogP contribution in [-0.2, 0) is 14.8 Å². The number of carboxylic acids is 1. The Morgan fingerprint density at radius 2 is 2.17 bits per heavy atom. The highest BCUT2D eigenvalue weighted by Crippen LogP contribution is 1.94. The van der Waals surface area contributed by atoms with E-state index in [1.807, 2.05) is 0 Å². The van der Waals surface area contributed by atoms with Crippen molar-refractivity contribution in [2.24, 2.45) is 0 Å². The Hall–Kier alpha value is -0.660. The van der Waals surface area contributed by atoms with Gasteiger partial charge in [-0.1, -0.05) is 0 Å². The molecule has 0 aromatic rings. The predicted molar refractivity (Wildman–Crippen MR) is 41.2 cm³/mol. The Labute approximate surface area is 70.0 Å². The Morgan fingerprint density at radius 3 is 2.50 bits per heavy atom. The first-order valence-corrected chi connectivity index (χ1v) is 5.07. The summed E-state index contributed by atoms with van der Waals surface area (Å²) in [5.41, 5.74) is 0. The molecule has 0 radical (unpaired) electrons. The first-order chi connectivity index (χ1) is 5.49. The van der Waals surface area contributed by atoms with Crippen molar-refractivity contribution in [2.45, 2.75) is 6.04 Å². The number of rotatable bonds is 4. The van der Waals surface area contributed by atoms with Crippen LogP contribution < -0.4 is 10.0 Å². The quantitative estimate of drug-likeness (QED) is 0.479. The summed E-state index contributed by atoms with van der Waals surface area (Å²) < 4.78 is 24.1. The van der Waals surface area contributed by atoms with Gasteiger partial charge in [0, 0.05) is 19.1 Å². The second-order valence-corrected chi connectivity index (χ2v) is 4.38. The highest BCUT2D eigenvalue weighted by Gasteiger charge is 2.24. The van der Waals surface area contributed by atoms with Crippen molar-refractivity contribution in [1.82, 2.24) is 10.0 Å². The van der Waals surface area contributed by atoms with Gasteiger partial charge in [-0.15, -0.1) is 0 Å². The van der Waals surface area contributed by atoms with Gasteiger partial charge in [-0.25, -0.2) is 13.1 Å². The molecule has 1 saturated heterocycles. The molecule has 3 N–H and O–H groups in total. The van der Waals surface area contributed by atoms with Crippen LogP contribution in [0.25, 0.3) is 0 Å². The van der Waals surface area contributed by atoms with Crippen molar-refractivity contribution in [3.05, 3.63) is 0 Å². The third kappa shape index (κ3) is 2.76. The molecule has 12 heavy (non-hydrogen) atoms. The van der Waals surface area contributed by atoms with E-state index >= 15 is 0 Å². The van der Waals surface area contributed by atoms with Gasteiger partial charge in [0.05, 0.1) is 0 Å². The van der Waals surface area contributed by atoms with Crippen LogP contribution in [0.5, 0.6) is 0 Å². The molecule has 70 valence electrons. The lowest BCUT2D eigenvalue weighted by molar-refractivity contribution is -0.134. The molecular formula is C5H10N2O4S. The first-order valence-electron chi connectivity index (χ1n) is 3.42. The molecule has 0 spiro atoms. The summed E-state index contributed by atoms with van der Waals surface area (Å²) in [7, 11) is -3.63. The predicted octanol–water partition coefficient (Wildman–Crippen LogP) is -2.04. The largest absolute Gasteiger partial charge is 0.480 e. The molecule has 0 aromatic heterocycles. The Balaban J connectivity index is 2.42. The molecule has 0 atom stereocenters. The molecule has 1 rings (SSSR count). The van der Waals surface area contributed by atoms with Crippen LogP contribution in [0.3, 0.4) is 0 Å². The number of nitrogens with one attached hydrogen (secondary N) is 2. The Bertz CT molecular complexity index is 269. The van der Waals surface area contributed by atoms with Crippen LogP contribution in [0.1, 0.15) is 0 Å². The van der Waals surface area contributed by atoms with E-state index in [1.54, 1.807) is 0 Å². The molecular weight excluding hydrogens is 184 g/mol. The molecule has 0 saturated carbocycles. The van der Waals surface area contributed by atoms with Gasteiger partial charge >= 0.3 is 5.97 Å². The zero-order valence-corrected chi connectivity index (χ0v) is 7.10. The monoisotopic (exact) mass is 194 g/mol. The second kappa shape index (κ2) is 3.38. The molecule has 1 heterocycles. The van der Waals surface area contributed by atoms with E-state index in [-0.39, 0.29) is 6.04 Å². The lowest BCUT2D eigenvalue weighted by Gasteiger charge is -2.27. The van der Waals surface area contributed by atoms with Crippen molar-refractivity contribution >= 4 is 16.0 Å². The van der Waals surface area contributed by atoms with Crippen molar-refractivity contribution in [1.29, 1.82) is 0 Å². The first kappa shape index (κ1) is 9.43. The van der Waals surface area contributed by atoms with Gasteiger partial charge in [-0.3, -0.25) is 4.79 Å². The molecule has 0 unspecified atom stereocenters. The van der Waals surface area contributed by atoms with Crippen LogP contribution >= 0.6 is 0 Å². The lowest BCUT2D eigenvalue weighted by atomic mass is 10.2. The van der Waals surface area contributed by atoms with Gasteiger partial charge < -0.3 is 10.4 Å². The molecule has 1 aliphatic heterocycles. The van der Waals surface area contributed by atoms with Crippen molar-refractivity contribution < 1.29 is 18.3 Å². The van der Waals surface area contributed by atoms with Crippen molar-refractivity contribution in [2.75, 3.05) is 18.8 Å². The van der Waals surface area contributed by atoms with Crippen LogP contribution in [-0.4, -0.2) is 44.4 Å². The SMILES string of the molecule is O=C(O)CS(=O)(=O)NC1CNC1. The molecule has 0 amide bonds. The summed E-state index contributed by atoms with van der Waals surface area (Å²) >= 11 is 0. The van der Waals surface area contributed by atoms with Crippen LogP contribution in [0.15, 0.2) is 0 Å². The van der Waals surface area contributed by atoms with Crippen molar-refractivity contribution in [3.8, 4) is 0 Å². The van der Waals surface area contributed by atoms with E-state index < -0.39 is 21.7 Å². The van der Waals surface area contributed by atoms with Gasteiger partial charge in [0.2, 0.25) is 10.0 Å². The maximum atomic E-state index is 10.9. The minimum absolute atomic E-state index is 0.144. The van der Waals surface area contributed by atoms with E-state index in [4.69, 9.17) is 5.11 Å². The van der Waals surface area contributed by atoms with Crippen LogP contribution in [0.4, 0.5) is 0 Å². The summed E-state index contributed by atoms with van der Waals surface area (Å²) in [5, 5.41) is 11.1. The number of hydrogen-bond acceptors (Lipinski definition) is 4. The number of sulfonamides is 1. The maximum absolute atomic E-state index is 10.9. The van der Waals surface area contributed by atoms with E-state index in [1.165, 1.54) is 0 Å². The summed E-state index contributed by atoms with van der Waals surface area (Å²) in [5.74, 6) is -2.20. The summed E-state index contributed by atoms with van der Waals surface area (Å²) in [4.78, 5) is 10.1. The smallest absolute Gasteiger partial charge is 0.320 e. The van der Waals surface area contributed by atoms with Crippen LogP contribution in [0, 0.1) is 0 Å². The van der Waals surface area contributed by atoms with E-state index in [9.17, 15) is 13.2 Å². The third-order valence-electron chi connectivity index (χ3n) is 1.44. The summed E-state index contributed by atoms with van der Waals surface area (Å²) in [6.07, 6.45) is 0. The molecule has 7 heteroatoms. The number of carboxylic acid groups (broad SMARTS) is 1. The maximum Gasteiger partial charge on any atom is 0.320 e. The van der Waals surface area contributed by atoms with Gasteiger partial charge in [0.15, 0.2) is 5.75 Å². The van der Waals surface area contributed by atoms with Crippen LogP contribution in [0.2, 0.25) is 0 Å². The zero-order chi connectivity index (χ0) is 9.19. The summed E-state index contributed by atoms with van der Waals surface area (Å²) in [6.45, 7) is 1.14. The van der Waals surface area contributed by atoms with E-state index in [2.05, 4.69) is 10.0 Å². The number of hydrogen-bond donors (Lipinski definition) is 3. The average Bonchev–Trinajstić information content (AvgIpc) is 1.76. The molecule has 0 aromatic carbocycles. The molecule has 1 fully saturated rings. The topological polar surface area (TPSA) is 95.5 Å². The molecule has 0 bridgehead atoms. The minimum atomic E-state index is -3.63. The standard InChI is InChI=1S/C5H10N2O4S/c8-5(9)3-12(10,11)7-4-1-6-2-4/h4,6-7H,1-3H2,(H,8,9). The van der Waals surface area contributed by atoms with Gasteiger partial charge in [0.25, 0.3) is 0 Å². The lowest BCUT2D eigenvalue weighted by Crippen LogP contribution is -2.57. The van der Waals surface area contributed by atoms with E-state index in [0.717, 1.165) is 0 Å². The fraction of sp³-hybridized carbons (Fsp3) is 0.800. The fourth-order valence-electron chi connectivity index (χ4n) is 0.830. The molecule has 0 aliphatic carbocycles. The van der Waals surface area contributed by atoms with Gasteiger partial charge in [-0.2, -0.15) is 0 Å². The Morgan fingerprint density at radius 1 is 1.58 bits per heavy atom. The van der Waals surface area contributed by atoms with Crippen molar-refractivity contribution in [3.63, 3.8) is 0 Å². The molecule has 1 aliphatic rings. The molecule has 6 nitrogen and oxygen atoms in total. The Kier molecular flexibility index (Phi) is 2.65. The third-order valence-corrected chi connectivity index (χ3v) is 2.76. The zero-order valence-electron chi connectivity index (χ0n) is 6.28. The van der Waals surface area contributed by atoms with Gasteiger partial charge in [-0.05, 0) is 0 Å². The second-order valence-electron chi connectivity index (χ2n) is 2.63. The highest BCUT2D eigenvalue weighted by atomic mass is 32.2. The normalized spacial score (nSPS) is 18.7. The highest BCUT2D eigenvalue weighted by molar-refractivity contribution is 7.90. The fourth-order valence-corrected chi connectivity index (χ4v) is 1.91. The summed E-state index contributed by atoms with van der Waals surface area (Å²) in [6, 6.07) is -0.144. The number of carbonyl (C=O) groups is 1. The van der Waals surface area contributed by atoms with Gasteiger partial charge in [0.1, 0.15) is 0 Å².